The van der Waals surface area contributed by atoms with Crippen LogP contribution in [0.5, 0.6) is 11.5 Å². The fourth-order valence-corrected chi connectivity index (χ4v) is 4.57. The lowest BCUT2D eigenvalue weighted by Gasteiger charge is -2.40. The minimum Gasteiger partial charge on any atom is -0.493 e. The fraction of sp³-hybridized carbons (Fsp3) is 0.650. The minimum absolute atomic E-state index is 0. The molecule has 2 aliphatic rings. The van der Waals surface area contributed by atoms with Crippen LogP contribution in [0.2, 0.25) is 0 Å². The number of halogens is 1. The molecule has 0 spiro atoms. The van der Waals surface area contributed by atoms with E-state index in [4.69, 9.17) is 9.47 Å². The third-order valence-corrected chi connectivity index (χ3v) is 6.06. The van der Waals surface area contributed by atoms with E-state index in [-0.39, 0.29) is 23.7 Å². The smallest absolute Gasteiger partial charge is 0.230 e. The SMILES string of the molecule is COc1cc(C)c(CN(C)C(=O)[C@@]23CCCC[C@H]2CNC3)cc1OC.Cl. The molecule has 26 heavy (non-hydrogen) atoms. The highest BCUT2D eigenvalue weighted by Gasteiger charge is 2.50. The van der Waals surface area contributed by atoms with E-state index >= 15 is 0 Å². The van der Waals surface area contributed by atoms with Gasteiger partial charge in [-0.05, 0) is 55.5 Å². The summed E-state index contributed by atoms with van der Waals surface area (Å²) in [4.78, 5) is 15.2. The van der Waals surface area contributed by atoms with Crippen LogP contribution in [0.25, 0.3) is 0 Å². The average Bonchev–Trinajstić information content (AvgIpc) is 3.07. The van der Waals surface area contributed by atoms with Crippen LogP contribution >= 0.6 is 12.4 Å². The zero-order chi connectivity index (χ0) is 18.0. The molecule has 1 amide bonds. The molecule has 1 aromatic carbocycles. The lowest BCUT2D eigenvalue weighted by molar-refractivity contribution is -0.144. The van der Waals surface area contributed by atoms with Crippen molar-refractivity contribution in [1.29, 1.82) is 0 Å². The van der Waals surface area contributed by atoms with Crippen LogP contribution in [-0.4, -0.2) is 45.2 Å². The summed E-state index contributed by atoms with van der Waals surface area (Å²) in [5, 5.41) is 3.47. The van der Waals surface area contributed by atoms with Crippen molar-refractivity contribution in [3.63, 3.8) is 0 Å². The van der Waals surface area contributed by atoms with E-state index in [1.54, 1.807) is 14.2 Å². The Morgan fingerprint density at radius 3 is 2.65 bits per heavy atom. The van der Waals surface area contributed by atoms with Crippen LogP contribution in [0, 0.1) is 18.3 Å². The van der Waals surface area contributed by atoms with Gasteiger partial charge < -0.3 is 19.7 Å². The molecule has 3 rings (SSSR count). The second-order valence-corrected chi connectivity index (χ2v) is 7.52. The number of rotatable bonds is 5. The van der Waals surface area contributed by atoms with E-state index in [0.717, 1.165) is 42.8 Å². The lowest BCUT2D eigenvalue weighted by Crippen LogP contribution is -2.48. The van der Waals surface area contributed by atoms with Crippen LogP contribution in [0.15, 0.2) is 12.1 Å². The van der Waals surface area contributed by atoms with Crippen LogP contribution in [-0.2, 0) is 11.3 Å². The first-order valence-corrected chi connectivity index (χ1v) is 9.19. The second kappa shape index (κ2) is 8.49. The maximum atomic E-state index is 13.3. The van der Waals surface area contributed by atoms with Gasteiger partial charge in [-0.15, -0.1) is 12.4 Å². The minimum atomic E-state index is -0.197. The highest BCUT2D eigenvalue weighted by Crippen LogP contribution is 2.45. The maximum absolute atomic E-state index is 13.3. The van der Waals surface area contributed by atoms with Crippen molar-refractivity contribution in [2.45, 2.75) is 39.2 Å². The van der Waals surface area contributed by atoms with Gasteiger partial charge in [-0.3, -0.25) is 4.79 Å². The molecule has 0 aromatic heterocycles. The van der Waals surface area contributed by atoms with E-state index in [9.17, 15) is 4.79 Å². The average molecular weight is 383 g/mol. The predicted molar refractivity (Wildman–Crippen MR) is 105 cm³/mol. The van der Waals surface area contributed by atoms with Crippen LogP contribution in [0.4, 0.5) is 0 Å². The summed E-state index contributed by atoms with van der Waals surface area (Å²) in [6.07, 6.45) is 4.59. The first-order chi connectivity index (χ1) is 12.0. The van der Waals surface area contributed by atoms with Gasteiger partial charge in [0.1, 0.15) is 0 Å². The first kappa shape index (κ1) is 20.8. The highest BCUT2D eigenvalue weighted by atomic mass is 35.5. The molecule has 1 saturated heterocycles. The molecule has 1 aliphatic carbocycles. The molecule has 0 bridgehead atoms. The van der Waals surface area contributed by atoms with Crippen molar-refractivity contribution in [2.24, 2.45) is 11.3 Å². The molecule has 1 aromatic rings. The Labute approximate surface area is 162 Å². The number of nitrogens with one attached hydrogen (secondary N) is 1. The summed E-state index contributed by atoms with van der Waals surface area (Å²) in [5.74, 6) is 2.21. The van der Waals surface area contributed by atoms with E-state index < -0.39 is 0 Å². The molecule has 6 heteroatoms. The summed E-state index contributed by atoms with van der Waals surface area (Å²) >= 11 is 0. The molecular weight excluding hydrogens is 352 g/mol. The third kappa shape index (κ3) is 3.65. The van der Waals surface area contributed by atoms with Gasteiger partial charge in [0, 0.05) is 20.1 Å². The molecule has 5 nitrogen and oxygen atoms in total. The van der Waals surface area contributed by atoms with Crippen LogP contribution < -0.4 is 14.8 Å². The summed E-state index contributed by atoms with van der Waals surface area (Å²) in [5.41, 5.74) is 2.01. The third-order valence-electron chi connectivity index (χ3n) is 6.06. The van der Waals surface area contributed by atoms with Gasteiger partial charge in [0.2, 0.25) is 5.91 Å². The Kier molecular flexibility index (Phi) is 6.80. The molecule has 1 aliphatic heterocycles. The van der Waals surface area contributed by atoms with E-state index in [0.29, 0.717) is 18.2 Å². The van der Waals surface area contributed by atoms with Crippen molar-refractivity contribution < 1.29 is 14.3 Å². The predicted octanol–water partition coefficient (Wildman–Crippen LogP) is 3.17. The topological polar surface area (TPSA) is 50.8 Å². The second-order valence-electron chi connectivity index (χ2n) is 7.52. The van der Waals surface area contributed by atoms with Gasteiger partial charge in [0.25, 0.3) is 0 Å². The zero-order valence-electron chi connectivity index (χ0n) is 16.3. The van der Waals surface area contributed by atoms with Crippen molar-refractivity contribution >= 4 is 18.3 Å². The number of benzene rings is 1. The number of ether oxygens (including phenoxy) is 2. The number of nitrogens with zero attached hydrogens (tertiary/aromatic N) is 1. The largest absolute Gasteiger partial charge is 0.493 e. The van der Waals surface area contributed by atoms with E-state index in [1.807, 2.05) is 24.1 Å². The summed E-state index contributed by atoms with van der Waals surface area (Å²) in [6, 6.07) is 3.96. The van der Waals surface area contributed by atoms with Gasteiger partial charge in [0.05, 0.1) is 19.6 Å². The molecule has 0 unspecified atom stereocenters. The Bertz CT molecular complexity index is 652. The molecule has 1 N–H and O–H groups in total. The zero-order valence-corrected chi connectivity index (χ0v) is 17.1. The monoisotopic (exact) mass is 382 g/mol. The quantitative estimate of drug-likeness (QED) is 0.849. The first-order valence-electron chi connectivity index (χ1n) is 9.19. The van der Waals surface area contributed by atoms with E-state index in [2.05, 4.69) is 12.2 Å². The van der Waals surface area contributed by atoms with Crippen molar-refractivity contribution in [3.8, 4) is 11.5 Å². The number of hydrogen-bond acceptors (Lipinski definition) is 4. The van der Waals surface area contributed by atoms with Crippen LogP contribution in [0.3, 0.4) is 0 Å². The Balaban J connectivity index is 0.00000243. The van der Waals surface area contributed by atoms with Crippen molar-refractivity contribution in [2.75, 3.05) is 34.4 Å². The van der Waals surface area contributed by atoms with Crippen molar-refractivity contribution in [3.05, 3.63) is 23.3 Å². The molecule has 2 atom stereocenters. The number of methoxy groups -OCH3 is 2. The summed E-state index contributed by atoms with van der Waals surface area (Å²) in [6.45, 7) is 4.45. The molecule has 146 valence electrons. The molecular formula is C20H31ClN2O3. The molecule has 1 heterocycles. The molecule has 2 fully saturated rings. The van der Waals surface area contributed by atoms with Gasteiger partial charge in [-0.1, -0.05) is 12.8 Å². The number of hydrogen-bond donors (Lipinski definition) is 1. The Morgan fingerprint density at radius 1 is 1.27 bits per heavy atom. The lowest BCUT2D eigenvalue weighted by atomic mass is 9.67. The van der Waals surface area contributed by atoms with Crippen LogP contribution in [0.1, 0.15) is 36.8 Å². The number of amides is 1. The normalized spacial score (nSPS) is 24.4. The van der Waals surface area contributed by atoms with Gasteiger partial charge >= 0.3 is 0 Å². The maximum Gasteiger partial charge on any atom is 0.230 e. The summed E-state index contributed by atoms with van der Waals surface area (Å²) in [7, 11) is 5.21. The van der Waals surface area contributed by atoms with Gasteiger partial charge in [-0.25, -0.2) is 0 Å². The van der Waals surface area contributed by atoms with Gasteiger partial charge in [0.15, 0.2) is 11.5 Å². The summed E-state index contributed by atoms with van der Waals surface area (Å²) < 4.78 is 10.8. The number of fused-ring (bicyclic) bond motifs is 1. The standard InChI is InChI=1S/C20H30N2O3.ClH/c1-14-9-17(24-3)18(25-4)10-15(14)12-22(2)19(23)20-8-6-5-7-16(20)11-21-13-20;/h9-10,16,21H,5-8,11-13H2,1-4H3;1H/t16-,20+;/m0./s1. The number of carbonyl (C=O) groups is 1. The van der Waals surface area contributed by atoms with Gasteiger partial charge in [-0.2, -0.15) is 0 Å². The Morgan fingerprint density at radius 2 is 1.96 bits per heavy atom. The van der Waals surface area contributed by atoms with E-state index in [1.165, 1.54) is 12.8 Å². The highest BCUT2D eigenvalue weighted by molar-refractivity contribution is 5.85. The fourth-order valence-electron chi connectivity index (χ4n) is 4.57. The molecule has 0 radical (unpaired) electrons. The number of carbonyl (C=O) groups excluding carboxylic acids is 1. The number of aryl methyl sites for hydroxylation is 1. The van der Waals surface area contributed by atoms with Crippen molar-refractivity contribution in [1.82, 2.24) is 10.2 Å². The molecule has 1 saturated carbocycles. The Hall–Kier alpha value is -1.46.